The van der Waals surface area contributed by atoms with Crippen LogP contribution in [0.3, 0.4) is 0 Å². The van der Waals surface area contributed by atoms with Crippen molar-refractivity contribution in [2.75, 3.05) is 0 Å². The molecule has 0 unspecified atom stereocenters. The second-order valence-corrected chi connectivity index (χ2v) is 7.91. The van der Waals surface area contributed by atoms with Gasteiger partial charge in [-0.15, -0.1) is 5.75 Å². The summed E-state index contributed by atoms with van der Waals surface area (Å²) < 4.78 is 0. The van der Waals surface area contributed by atoms with Crippen LogP contribution in [0, 0.1) is 43.4 Å². The molecule has 0 saturated carbocycles. The van der Waals surface area contributed by atoms with E-state index in [-0.39, 0.29) is 34.6 Å². The fourth-order valence-electron chi connectivity index (χ4n) is 3.33. The molecule has 0 spiro atoms. The van der Waals surface area contributed by atoms with Gasteiger partial charge in [-0.3, -0.25) is 9.97 Å². The summed E-state index contributed by atoms with van der Waals surface area (Å²) in [4.78, 5) is 8.24. The largest absolute Gasteiger partial charge is 3.00 e. The number of aromatic nitrogens is 2. The van der Waals surface area contributed by atoms with Gasteiger partial charge < -0.3 is 15.3 Å². The third-order valence-electron chi connectivity index (χ3n) is 5.25. The SMILES string of the molecule is Cc1ccc2c(C#N)ccc([O-])c2n1.Cc1ccc2c(C#N)ccc([O-])c2n1.Cc1ccccc1[O-].[Al+3]. The predicted molar refractivity (Wildman–Crippen MR) is 138 cm³/mol. The summed E-state index contributed by atoms with van der Waals surface area (Å²) in [6.07, 6.45) is 0. The minimum absolute atomic E-state index is 0. The molecule has 2 aromatic heterocycles. The summed E-state index contributed by atoms with van der Waals surface area (Å²) in [5.41, 5.74) is 4.12. The quantitative estimate of drug-likeness (QED) is 0.295. The van der Waals surface area contributed by atoms with Crippen LogP contribution in [-0.4, -0.2) is 27.3 Å². The van der Waals surface area contributed by atoms with Crippen LogP contribution in [0.1, 0.15) is 28.1 Å². The third kappa shape index (κ3) is 6.97. The molecule has 2 heterocycles. The maximum absolute atomic E-state index is 11.4. The Morgan fingerprint density at radius 2 is 1.00 bits per heavy atom. The molecule has 5 rings (SSSR count). The van der Waals surface area contributed by atoms with Crippen molar-refractivity contribution in [1.29, 1.82) is 10.5 Å². The molecule has 3 aromatic carbocycles. The second kappa shape index (κ2) is 12.9. The molecule has 0 aliphatic carbocycles. The Kier molecular flexibility index (Phi) is 9.99. The van der Waals surface area contributed by atoms with E-state index in [4.69, 9.17) is 10.5 Å². The first kappa shape index (κ1) is 28.6. The summed E-state index contributed by atoms with van der Waals surface area (Å²) in [6.45, 7) is 5.44. The van der Waals surface area contributed by atoms with Crippen molar-refractivity contribution >= 4 is 39.2 Å². The Morgan fingerprint density at radius 1 is 0.568 bits per heavy atom. The van der Waals surface area contributed by atoms with Crippen LogP contribution in [-0.2, 0) is 0 Å². The minimum Gasteiger partial charge on any atom is -0.872 e. The first-order valence-electron chi connectivity index (χ1n) is 10.9. The number of pyridine rings is 2. The molecule has 8 heteroatoms. The number of para-hydroxylation sites is 1. The molecular formula is C29H21AlN4O3. The Morgan fingerprint density at radius 3 is 1.35 bits per heavy atom. The van der Waals surface area contributed by atoms with Crippen molar-refractivity contribution in [3.63, 3.8) is 0 Å². The molecule has 0 aliphatic rings. The van der Waals surface area contributed by atoms with E-state index in [0.717, 1.165) is 17.0 Å². The third-order valence-corrected chi connectivity index (χ3v) is 5.25. The van der Waals surface area contributed by atoms with Gasteiger partial charge in [-0.1, -0.05) is 53.5 Å². The summed E-state index contributed by atoms with van der Waals surface area (Å²) in [6, 6.07) is 24.0. The molecule has 0 radical (unpaired) electrons. The number of benzene rings is 3. The van der Waals surface area contributed by atoms with E-state index in [2.05, 4.69) is 9.97 Å². The molecular weight excluding hydrogens is 479 g/mol. The number of rotatable bonds is 0. The molecule has 0 aliphatic heterocycles. The van der Waals surface area contributed by atoms with Crippen molar-refractivity contribution in [2.24, 2.45) is 0 Å². The Balaban J connectivity index is 0.000000200. The van der Waals surface area contributed by atoms with Gasteiger partial charge in [-0.25, -0.2) is 0 Å². The molecule has 0 bridgehead atoms. The van der Waals surface area contributed by atoms with Gasteiger partial charge in [-0.2, -0.15) is 10.5 Å². The van der Waals surface area contributed by atoms with Crippen molar-refractivity contribution in [2.45, 2.75) is 20.8 Å². The predicted octanol–water partition coefficient (Wildman–Crippen LogP) is 3.66. The topological polar surface area (TPSA) is 143 Å². The van der Waals surface area contributed by atoms with Crippen molar-refractivity contribution in [3.8, 4) is 29.4 Å². The van der Waals surface area contributed by atoms with E-state index < -0.39 is 0 Å². The summed E-state index contributed by atoms with van der Waals surface area (Å²) in [7, 11) is 0. The fraction of sp³-hybridized carbons (Fsp3) is 0.103. The van der Waals surface area contributed by atoms with Crippen LogP contribution in [0.4, 0.5) is 0 Å². The van der Waals surface area contributed by atoms with E-state index >= 15 is 0 Å². The normalized spacial score (nSPS) is 9.54. The molecule has 0 amide bonds. The molecule has 0 fully saturated rings. The molecule has 0 saturated heterocycles. The Labute approximate surface area is 225 Å². The number of nitrogens with zero attached hydrogens (tertiary/aromatic N) is 4. The standard InChI is InChI=1S/2C11H8N2O.C7H8O.Al/c2*1-7-2-4-9-8(6-12)3-5-10(14)11(9)13-7;1-6-4-2-3-5-7(6)8;/h2*2-5,14H,1H3;2-5,8H,1H3;/q;;;+3/p-3. The Hall–Kier alpha value is -4.61. The minimum atomic E-state index is -0.136. The first-order valence-corrected chi connectivity index (χ1v) is 10.9. The number of hydrogen-bond donors (Lipinski definition) is 0. The van der Waals surface area contributed by atoms with Gasteiger partial charge in [0.25, 0.3) is 0 Å². The van der Waals surface area contributed by atoms with Crippen LogP contribution >= 0.6 is 0 Å². The van der Waals surface area contributed by atoms with Crippen molar-refractivity contribution < 1.29 is 15.3 Å². The van der Waals surface area contributed by atoms with Crippen LogP contribution in [0.25, 0.3) is 21.8 Å². The van der Waals surface area contributed by atoms with E-state index in [1.54, 1.807) is 36.4 Å². The van der Waals surface area contributed by atoms with Crippen LogP contribution in [0.5, 0.6) is 17.2 Å². The number of nitriles is 2. The summed E-state index contributed by atoms with van der Waals surface area (Å²) in [5, 5.41) is 52.4. The first-order chi connectivity index (χ1) is 17.2. The van der Waals surface area contributed by atoms with Crippen molar-refractivity contribution in [3.05, 3.63) is 101 Å². The van der Waals surface area contributed by atoms with Gasteiger partial charge in [0.2, 0.25) is 0 Å². The maximum atomic E-state index is 11.4. The zero-order valence-corrected chi connectivity index (χ0v) is 21.7. The molecule has 7 nitrogen and oxygen atoms in total. The second-order valence-electron chi connectivity index (χ2n) is 7.91. The van der Waals surface area contributed by atoms with Gasteiger partial charge >= 0.3 is 17.4 Å². The smallest absolute Gasteiger partial charge is 0.872 e. The van der Waals surface area contributed by atoms with E-state index in [0.29, 0.717) is 32.9 Å². The van der Waals surface area contributed by atoms with Crippen LogP contribution < -0.4 is 15.3 Å². The molecule has 0 atom stereocenters. The number of aryl methyl sites for hydroxylation is 3. The maximum Gasteiger partial charge on any atom is 3.00 e. The zero-order valence-electron chi connectivity index (χ0n) is 20.5. The van der Waals surface area contributed by atoms with E-state index in [9.17, 15) is 15.3 Å². The molecule has 0 N–H and O–H groups in total. The van der Waals surface area contributed by atoms with Gasteiger partial charge in [0.05, 0.1) is 34.3 Å². The Bertz CT molecular complexity index is 1520. The molecule has 37 heavy (non-hydrogen) atoms. The summed E-state index contributed by atoms with van der Waals surface area (Å²) >= 11 is 0. The average molecular weight is 500 g/mol. The van der Waals surface area contributed by atoms with Crippen LogP contribution in [0.2, 0.25) is 0 Å². The summed E-state index contributed by atoms with van der Waals surface area (Å²) in [5.74, 6) is -0.155. The van der Waals surface area contributed by atoms with Gasteiger partial charge in [0.1, 0.15) is 0 Å². The molecule has 178 valence electrons. The van der Waals surface area contributed by atoms with Gasteiger partial charge in [0, 0.05) is 22.2 Å². The molecule has 5 aromatic rings. The van der Waals surface area contributed by atoms with Crippen molar-refractivity contribution in [1.82, 2.24) is 9.97 Å². The van der Waals surface area contributed by atoms with Gasteiger partial charge in [0.15, 0.2) is 0 Å². The zero-order chi connectivity index (χ0) is 26.2. The average Bonchev–Trinajstić information content (AvgIpc) is 2.88. The van der Waals surface area contributed by atoms with E-state index in [1.807, 2.05) is 45.0 Å². The fourth-order valence-corrected chi connectivity index (χ4v) is 3.33. The number of hydrogen-bond acceptors (Lipinski definition) is 7. The van der Waals surface area contributed by atoms with E-state index in [1.165, 1.54) is 24.3 Å². The number of fused-ring (bicyclic) bond motifs is 2. The monoisotopic (exact) mass is 500 g/mol. The van der Waals surface area contributed by atoms with Crippen LogP contribution in [0.15, 0.2) is 72.8 Å². The van der Waals surface area contributed by atoms with Gasteiger partial charge in [-0.05, 0) is 57.2 Å².